The fraction of sp³-hybridized carbons (Fsp3) is 0.296. The van der Waals surface area contributed by atoms with Crippen molar-refractivity contribution in [3.63, 3.8) is 0 Å². The summed E-state index contributed by atoms with van der Waals surface area (Å²) < 4.78 is 6.11. The average molecular weight is 412 g/mol. The predicted molar refractivity (Wildman–Crippen MR) is 129 cm³/mol. The number of allylic oxidation sites excluding steroid dienone is 2. The monoisotopic (exact) mass is 411 g/mol. The Balaban J connectivity index is 0.00000112. The molecule has 0 bridgehead atoms. The van der Waals surface area contributed by atoms with Crippen molar-refractivity contribution in [3.8, 4) is 17.4 Å². The van der Waals surface area contributed by atoms with Crippen LogP contribution >= 0.6 is 0 Å². The standard InChI is InChI=1S/C25H23N3O.C2H6/c26-16-21-17-27-11-10-23(21)25-9-8-24(29-25)20-5-4-19-15-22(7-6-18(19)14-20)28-12-2-1-3-13-28;1-2/h4-11,14-15,27H,1-3,12-13,17H2;1-2H3. The maximum absolute atomic E-state index is 9.35. The van der Waals surface area contributed by atoms with Crippen molar-refractivity contribution >= 4 is 22.0 Å². The summed E-state index contributed by atoms with van der Waals surface area (Å²) in [6, 6.07) is 19.4. The van der Waals surface area contributed by atoms with Gasteiger partial charge in [0.2, 0.25) is 0 Å². The Morgan fingerprint density at radius 2 is 1.65 bits per heavy atom. The summed E-state index contributed by atoms with van der Waals surface area (Å²) >= 11 is 0. The highest BCUT2D eigenvalue weighted by atomic mass is 16.3. The van der Waals surface area contributed by atoms with Gasteiger partial charge < -0.3 is 14.6 Å². The zero-order valence-corrected chi connectivity index (χ0v) is 18.3. The van der Waals surface area contributed by atoms with E-state index in [1.807, 2.05) is 38.3 Å². The molecular formula is C27H29N3O. The largest absolute Gasteiger partial charge is 0.456 e. The summed E-state index contributed by atoms with van der Waals surface area (Å²) in [5.41, 5.74) is 3.91. The normalized spacial score (nSPS) is 15.8. The third kappa shape index (κ3) is 4.36. The van der Waals surface area contributed by atoms with Gasteiger partial charge in [-0.3, -0.25) is 0 Å². The molecule has 5 rings (SSSR count). The van der Waals surface area contributed by atoms with Gasteiger partial charge in [-0.15, -0.1) is 0 Å². The first kappa shape index (κ1) is 20.8. The Bertz CT molecular complexity index is 1160. The number of nitrogens with one attached hydrogen (secondary N) is 1. The number of piperidine rings is 1. The summed E-state index contributed by atoms with van der Waals surface area (Å²) in [5.74, 6) is 1.55. The first-order valence-electron chi connectivity index (χ1n) is 11.2. The van der Waals surface area contributed by atoms with Gasteiger partial charge in [0.25, 0.3) is 0 Å². The van der Waals surface area contributed by atoms with Crippen LogP contribution < -0.4 is 10.2 Å². The zero-order valence-electron chi connectivity index (χ0n) is 18.3. The molecule has 1 saturated heterocycles. The van der Waals surface area contributed by atoms with Gasteiger partial charge in [-0.1, -0.05) is 32.0 Å². The van der Waals surface area contributed by atoms with Crippen molar-refractivity contribution in [2.75, 3.05) is 24.5 Å². The quantitative estimate of drug-likeness (QED) is 0.534. The maximum Gasteiger partial charge on any atom is 0.135 e. The van der Waals surface area contributed by atoms with E-state index in [9.17, 15) is 5.26 Å². The van der Waals surface area contributed by atoms with E-state index in [4.69, 9.17) is 4.42 Å². The van der Waals surface area contributed by atoms with Crippen LogP contribution in [0.2, 0.25) is 0 Å². The third-order valence-electron chi connectivity index (χ3n) is 5.81. The van der Waals surface area contributed by atoms with Crippen molar-refractivity contribution in [3.05, 3.63) is 72.1 Å². The molecule has 0 aliphatic carbocycles. The van der Waals surface area contributed by atoms with Crippen LogP contribution in [0.15, 0.2) is 70.8 Å². The predicted octanol–water partition coefficient (Wildman–Crippen LogP) is 6.51. The molecule has 0 amide bonds. The van der Waals surface area contributed by atoms with Crippen LogP contribution in [0, 0.1) is 11.3 Å². The van der Waals surface area contributed by atoms with Gasteiger partial charge in [-0.25, -0.2) is 0 Å². The van der Waals surface area contributed by atoms with Gasteiger partial charge >= 0.3 is 0 Å². The molecule has 0 atom stereocenters. The molecule has 0 radical (unpaired) electrons. The number of anilines is 1. The number of benzene rings is 2. The van der Waals surface area contributed by atoms with Gasteiger partial charge in [-0.05, 0) is 72.6 Å². The van der Waals surface area contributed by atoms with Crippen LogP contribution in [-0.4, -0.2) is 19.6 Å². The summed E-state index contributed by atoms with van der Waals surface area (Å²) in [4.78, 5) is 2.49. The maximum atomic E-state index is 9.35. The number of hydrogen-bond acceptors (Lipinski definition) is 4. The van der Waals surface area contributed by atoms with Crippen LogP contribution in [-0.2, 0) is 0 Å². The van der Waals surface area contributed by atoms with Crippen LogP contribution in [0.4, 0.5) is 5.69 Å². The van der Waals surface area contributed by atoms with E-state index >= 15 is 0 Å². The zero-order chi connectivity index (χ0) is 21.6. The number of furan rings is 1. The minimum Gasteiger partial charge on any atom is -0.456 e. The molecule has 3 heterocycles. The lowest BCUT2D eigenvalue weighted by Gasteiger charge is -2.29. The fourth-order valence-corrected chi connectivity index (χ4v) is 4.20. The van der Waals surface area contributed by atoms with Crippen molar-refractivity contribution < 1.29 is 4.42 Å². The first-order valence-corrected chi connectivity index (χ1v) is 11.2. The smallest absolute Gasteiger partial charge is 0.135 e. The molecule has 4 heteroatoms. The molecule has 0 saturated carbocycles. The second-order valence-corrected chi connectivity index (χ2v) is 7.68. The Kier molecular flexibility index (Phi) is 6.43. The summed E-state index contributed by atoms with van der Waals surface area (Å²) in [5, 5.41) is 14.9. The van der Waals surface area contributed by atoms with Crippen molar-refractivity contribution in [2.45, 2.75) is 33.1 Å². The van der Waals surface area contributed by atoms with E-state index in [2.05, 4.69) is 52.7 Å². The van der Waals surface area contributed by atoms with Crippen LogP contribution in [0.3, 0.4) is 0 Å². The molecule has 1 fully saturated rings. The molecule has 4 nitrogen and oxygen atoms in total. The molecule has 0 unspecified atom stereocenters. The minimum absolute atomic E-state index is 0.535. The summed E-state index contributed by atoms with van der Waals surface area (Å²) in [6.45, 7) is 6.85. The Morgan fingerprint density at radius 3 is 2.45 bits per heavy atom. The Labute approximate surface area is 184 Å². The highest BCUT2D eigenvalue weighted by Gasteiger charge is 2.15. The second-order valence-electron chi connectivity index (χ2n) is 7.68. The molecule has 158 valence electrons. The van der Waals surface area contributed by atoms with Crippen molar-refractivity contribution in [2.24, 2.45) is 0 Å². The molecule has 1 aromatic heterocycles. The van der Waals surface area contributed by atoms with E-state index in [0.717, 1.165) is 35.7 Å². The summed E-state index contributed by atoms with van der Waals surface area (Å²) in [6.07, 6.45) is 7.67. The van der Waals surface area contributed by atoms with E-state index in [0.29, 0.717) is 12.1 Å². The van der Waals surface area contributed by atoms with Crippen LogP contribution in [0.5, 0.6) is 0 Å². The SMILES string of the molecule is CC.N#CC1=C(c2ccc(-c3ccc4cc(N5CCCCC5)ccc4c3)o2)C=CNC1. The van der Waals surface area contributed by atoms with Gasteiger partial charge in [0.1, 0.15) is 11.5 Å². The van der Waals surface area contributed by atoms with E-state index in [-0.39, 0.29) is 0 Å². The Hall–Kier alpha value is -3.45. The number of fused-ring (bicyclic) bond motifs is 1. The van der Waals surface area contributed by atoms with Crippen LogP contribution in [0.1, 0.15) is 38.9 Å². The number of hydrogen-bond donors (Lipinski definition) is 1. The van der Waals surface area contributed by atoms with Gasteiger partial charge in [0.05, 0.1) is 18.2 Å². The lowest BCUT2D eigenvalue weighted by atomic mass is 10.0. The van der Waals surface area contributed by atoms with E-state index in [1.54, 1.807) is 0 Å². The number of nitrogens with zero attached hydrogens (tertiary/aromatic N) is 2. The number of nitriles is 1. The molecule has 2 aliphatic rings. The second kappa shape index (κ2) is 9.57. The van der Waals surface area contributed by atoms with Gasteiger partial charge in [0, 0.05) is 29.9 Å². The lowest BCUT2D eigenvalue weighted by molar-refractivity contribution is 0.568. The fourth-order valence-electron chi connectivity index (χ4n) is 4.20. The van der Waals surface area contributed by atoms with E-state index in [1.165, 1.54) is 35.7 Å². The first-order chi connectivity index (χ1) is 15.3. The number of rotatable bonds is 3. The van der Waals surface area contributed by atoms with Crippen molar-refractivity contribution in [1.29, 1.82) is 5.26 Å². The third-order valence-corrected chi connectivity index (χ3v) is 5.81. The van der Waals surface area contributed by atoms with Gasteiger partial charge in [-0.2, -0.15) is 5.26 Å². The average Bonchev–Trinajstić information content (AvgIpc) is 3.35. The lowest BCUT2D eigenvalue weighted by Crippen LogP contribution is -2.29. The Morgan fingerprint density at radius 1 is 0.903 bits per heavy atom. The highest BCUT2D eigenvalue weighted by Crippen LogP contribution is 2.32. The molecular weight excluding hydrogens is 382 g/mol. The summed E-state index contributed by atoms with van der Waals surface area (Å²) in [7, 11) is 0. The highest BCUT2D eigenvalue weighted by molar-refractivity contribution is 5.89. The molecule has 2 aliphatic heterocycles. The minimum atomic E-state index is 0.535. The molecule has 1 N–H and O–H groups in total. The molecule has 31 heavy (non-hydrogen) atoms. The van der Waals surface area contributed by atoms with E-state index < -0.39 is 0 Å². The van der Waals surface area contributed by atoms with Crippen LogP contribution in [0.25, 0.3) is 27.7 Å². The molecule has 2 aromatic carbocycles. The van der Waals surface area contributed by atoms with Gasteiger partial charge in [0.15, 0.2) is 0 Å². The molecule has 3 aromatic rings. The topological polar surface area (TPSA) is 52.2 Å². The molecule has 0 spiro atoms. The van der Waals surface area contributed by atoms with Crippen molar-refractivity contribution in [1.82, 2.24) is 5.32 Å². The number of dihydropyridines is 1.